The van der Waals surface area contributed by atoms with Crippen molar-refractivity contribution in [2.24, 2.45) is 5.92 Å². The second-order valence-electron chi connectivity index (χ2n) is 9.78. The standard InChI is InChI=1S/C27H54N6O4/c1-21(34)15-19-33-26(36)22(20-25(35)23(30-4)13-7-9-16-28-2)12-6-11-18-32-27(37)24(31-5)14-8-10-17-29-3/h22-24,28-31H,6-20H2,1-5H3,(H,32,37)(H,33,36). The summed E-state index contributed by atoms with van der Waals surface area (Å²) < 4.78 is 0. The lowest BCUT2D eigenvalue weighted by Gasteiger charge is -2.20. The molecule has 0 bridgehead atoms. The number of carbonyl (C=O) groups is 4. The first-order valence-corrected chi connectivity index (χ1v) is 14.0. The van der Waals surface area contributed by atoms with Crippen LogP contribution in [0.5, 0.6) is 0 Å². The summed E-state index contributed by atoms with van der Waals surface area (Å²) in [6.45, 7) is 4.16. The molecule has 10 nitrogen and oxygen atoms in total. The van der Waals surface area contributed by atoms with Gasteiger partial charge in [-0.2, -0.15) is 0 Å². The molecule has 216 valence electrons. The lowest BCUT2D eigenvalue weighted by Crippen LogP contribution is -2.43. The third-order valence-corrected chi connectivity index (χ3v) is 6.61. The van der Waals surface area contributed by atoms with Crippen molar-refractivity contribution >= 4 is 23.4 Å². The van der Waals surface area contributed by atoms with E-state index < -0.39 is 5.92 Å². The molecule has 0 saturated carbocycles. The number of hydrogen-bond donors (Lipinski definition) is 6. The number of unbranched alkanes of at least 4 members (excludes halogenated alkanes) is 3. The van der Waals surface area contributed by atoms with Crippen LogP contribution < -0.4 is 31.9 Å². The third kappa shape index (κ3) is 18.1. The normalized spacial score (nSPS) is 13.5. The lowest BCUT2D eigenvalue weighted by molar-refractivity contribution is -0.130. The van der Waals surface area contributed by atoms with Crippen LogP contribution in [0.2, 0.25) is 0 Å². The molecule has 0 aromatic rings. The number of hydrogen-bond acceptors (Lipinski definition) is 8. The summed E-state index contributed by atoms with van der Waals surface area (Å²) in [5, 5.41) is 18.2. The van der Waals surface area contributed by atoms with Crippen LogP contribution >= 0.6 is 0 Å². The van der Waals surface area contributed by atoms with Crippen LogP contribution in [-0.2, 0) is 19.2 Å². The van der Waals surface area contributed by atoms with E-state index in [0.29, 0.717) is 13.0 Å². The van der Waals surface area contributed by atoms with Crippen molar-refractivity contribution in [3.05, 3.63) is 0 Å². The van der Waals surface area contributed by atoms with Gasteiger partial charge in [-0.15, -0.1) is 0 Å². The predicted molar refractivity (Wildman–Crippen MR) is 150 cm³/mol. The van der Waals surface area contributed by atoms with Gasteiger partial charge in [-0.25, -0.2) is 0 Å². The van der Waals surface area contributed by atoms with Crippen molar-refractivity contribution in [2.45, 2.75) is 89.6 Å². The van der Waals surface area contributed by atoms with Crippen LogP contribution in [0.4, 0.5) is 0 Å². The fourth-order valence-electron chi connectivity index (χ4n) is 4.24. The van der Waals surface area contributed by atoms with E-state index in [9.17, 15) is 19.2 Å². The van der Waals surface area contributed by atoms with E-state index in [2.05, 4.69) is 31.9 Å². The van der Waals surface area contributed by atoms with Gasteiger partial charge >= 0.3 is 0 Å². The van der Waals surface area contributed by atoms with E-state index in [1.165, 1.54) is 6.92 Å². The Bertz CT molecular complexity index is 646. The van der Waals surface area contributed by atoms with Gasteiger partial charge in [-0.3, -0.25) is 19.2 Å². The van der Waals surface area contributed by atoms with Gasteiger partial charge in [0.15, 0.2) is 5.78 Å². The summed E-state index contributed by atoms with van der Waals surface area (Å²) in [5.74, 6) is -0.568. The van der Waals surface area contributed by atoms with E-state index in [1.807, 2.05) is 14.1 Å². The van der Waals surface area contributed by atoms with Crippen molar-refractivity contribution in [3.63, 3.8) is 0 Å². The maximum Gasteiger partial charge on any atom is 0.237 e. The summed E-state index contributed by atoms with van der Waals surface area (Å²) in [5.41, 5.74) is 0. The molecule has 37 heavy (non-hydrogen) atoms. The smallest absolute Gasteiger partial charge is 0.237 e. The SMILES string of the molecule is CNCCCCC(NC)C(=O)CC(CCCCNC(=O)C(CCCCNC)NC)C(=O)NCCC(C)=O. The zero-order valence-electron chi connectivity index (χ0n) is 24.0. The van der Waals surface area contributed by atoms with Crippen molar-refractivity contribution < 1.29 is 19.2 Å². The van der Waals surface area contributed by atoms with Gasteiger partial charge in [0.25, 0.3) is 0 Å². The summed E-state index contributed by atoms with van der Waals surface area (Å²) in [6.07, 6.45) is 7.91. The van der Waals surface area contributed by atoms with Gasteiger partial charge in [0, 0.05) is 31.8 Å². The molecule has 2 amide bonds. The lowest BCUT2D eigenvalue weighted by atomic mass is 9.91. The van der Waals surface area contributed by atoms with Crippen LogP contribution in [0.15, 0.2) is 0 Å². The molecule has 0 heterocycles. The molecule has 0 saturated heterocycles. The fourth-order valence-corrected chi connectivity index (χ4v) is 4.24. The number of Topliss-reactive ketones (excluding diaryl/α,β-unsaturated/α-hetero) is 2. The van der Waals surface area contributed by atoms with E-state index in [0.717, 1.165) is 64.5 Å². The average molecular weight is 527 g/mol. The zero-order chi connectivity index (χ0) is 27.9. The minimum atomic E-state index is -0.444. The molecular weight excluding hydrogens is 472 g/mol. The Morgan fingerprint density at radius 3 is 1.65 bits per heavy atom. The Labute approximate surface area is 224 Å². The molecule has 0 fully saturated rings. The molecule has 0 rings (SSSR count). The molecule has 0 aliphatic rings. The number of carbonyl (C=O) groups excluding carboxylic acids is 4. The second kappa shape index (κ2) is 23.3. The maximum atomic E-state index is 13.0. The van der Waals surface area contributed by atoms with Crippen LogP contribution in [0.1, 0.15) is 77.6 Å². The van der Waals surface area contributed by atoms with Gasteiger partial charge in [0.1, 0.15) is 5.78 Å². The Kier molecular flexibility index (Phi) is 22.1. The minimum Gasteiger partial charge on any atom is -0.355 e. The number of likely N-dealkylation sites (N-methyl/N-ethyl adjacent to an activating group) is 2. The molecule has 6 N–H and O–H groups in total. The van der Waals surface area contributed by atoms with Crippen molar-refractivity contribution in [1.29, 1.82) is 0 Å². The van der Waals surface area contributed by atoms with Crippen LogP contribution in [0.25, 0.3) is 0 Å². The molecule has 0 aromatic heterocycles. The number of nitrogens with one attached hydrogen (secondary N) is 6. The molecule has 0 aromatic carbocycles. The molecule has 10 heteroatoms. The van der Waals surface area contributed by atoms with Gasteiger partial charge < -0.3 is 31.9 Å². The van der Waals surface area contributed by atoms with Crippen molar-refractivity contribution in [1.82, 2.24) is 31.9 Å². The fraction of sp³-hybridized carbons (Fsp3) is 0.852. The molecule has 0 aliphatic heterocycles. The third-order valence-electron chi connectivity index (χ3n) is 6.61. The Morgan fingerprint density at radius 2 is 1.11 bits per heavy atom. The first-order valence-electron chi connectivity index (χ1n) is 14.0. The summed E-state index contributed by atoms with van der Waals surface area (Å²) >= 11 is 0. The van der Waals surface area contributed by atoms with Gasteiger partial charge in [-0.05, 0) is 86.7 Å². The Balaban J connectivity index is 4.73. The first-order chi connectivity index (χ1) is 17.8. The number of amides is 2. The molecule has 3 unspecified atom stereocenters. The number of rotatable bonds is 25. The first kappa shape index (κ1) is 35.1. The summed E-state index contributed by atoms with van der Waals surface area (Å²) in [4.78, 5) is 49.5. The quantitative estimate of drug-likeness (QED) is 0.0965. The van der Waals surface area contributed by atoms with Gasteiger partial charge in [-0.1, -0.05) is 19.3 Å². The highest BCUT2D eigenvalue weighted by molar-refractivity contribution is 5.90. The maximum absolute atomic E-state index is 13.0. The topological polar surface area (TPSA) is 140 Å². The molecule has 0 aliphatic carbocycles. The summed E-state index contributed by atoms with van der Waals surface area (Å²) in [6, 6.07) is -0.476. The zero-order valence-corrected chi connectivity index (χ0v) is 24.0. The highest BCUT2D eigenvalue weighted by Crippen LogP contribution is 2.17. The number of ketones is 2. The minimum absolute atomic E-state index is 0.00389. The molecule has 0 spiro atoms. The second-order valence-corrected chi connectivity index (χ2v) is 9.78. The van der Waals surface area contributed by atoms with E-state index in [-0.39, 0.29) is 54.9 Å². The van der Waals surface area contributed by atoms with Crippen molar-refractivity contribution in [3.8, 4) is 0 Å². The van der Waals surface area contributed by atoms with E-state index in [1.54, 1.807) is 14.1 Å². The highest BCUT2D eigenvalue weighted by atomic mass is 16.2. The summed E-state index contributed by atoms with van der Waals surface area (Å²) in [7, 11) is 7.41. The predicted octanol–water partition coefficient (Wildman–Crippen LogP) is 0.899. The van der Waals surface area contributed by atoms with Crippen LogP contribution in [0, 0.1) is 5.92 Å². The monoisotopic (exact) mass is 526 g/mol. The van der Waals surface area contributed by atoms with Crippen LogP contribution in [-0.4, -0.2) is 89.8 Å². The molecule has 3 atom stereocenters. The Morgan fingerprint density at radius 1 is 0.595 bits per heavy atom. The average Bonchev–Trinajstić information content (AvgIpc) is 2.87. The Hall–Kier alpha value is -1.88. The van der Waals surface area contributed by atoms with Crippen LogP contribution in [0.3, 0.4) is 0 Å². The van der Waals surface area contributed by atoms with Crippen molar-refractivity contribution in [2.75, 3.05) is 54.4 Å². The largest absolute Gasteiger partial charge is 0.355 e. The van der Waals surface area contributed by atoms with E-state index in [4.69, 9.17) is 0 Å². The van der Waals surface area contributed by atoms with Gasteiger partial charge in [0.05, 0.1) is 12.1 Å². The highest BCUT2D eigenvalue weighted by Gasteiger charge is 2.25. The molecular formula is C27H54N6O4. The van der Waals surface area contributed by atoms with E-state index >= 15 is 0 Å². The van der Waals surface area contributed by atoms with Gasteiger partial charge in [0.2, 0.25) is 11.8 Å². The molecule has 0 radical (unpaired) electrons.